The lowest BCUT2D eigenvalue weighted by Crippen LogP contribution is -2.12. The minimum atomic E-state index is 1.07. The molecule has 2 nitrogen and oxygen atoms in total. The van der Waals surface area contributed by atoms with Gasteiger partial charge in [0.25, 0.3) is 0 Å². The third-order valence-corrected chi connectivity index (χ3v) is 13.8. The summed E-state index contributed by atoms with van der Waals surface area (Å²) < 4.78 is 2.40. The summed E-state index contributed by atoms with van der Waals surface area (Å²) in [5.74, 6) is 0. The Bertz CT molecular complexity index is 3960. The maximum absolute atomic E-state index is 2.46. The molecule has 0 aliphatic carbocycles. The van der Waals surface area contributed by atoms with Gasteiger partial charge in [-0.2, -0.15) is 0 Å². The summed E-state index contributed by atoms with van der Waals surface area (Å²) in [5.41, 5.74) is 16.2. The molecule has 13 rings (SSSR count). The van der Waals surface area contributed by atoms with Crippen LogP contribution in [-0.4, -0.2) is 4.57 Å². The summed E-state index contributed by atoms with van der Waals surface area (Å²) >= 11 is 0. The minimum Gasteiger partial charge on any atom is -0.309 e. The molecule has 1 aromatic heterocycles. The predicted octanol–water partition coefficient (Wildman–Crippen LogP) is 18.4. The summed E-state index contributed by atoms with van der Waals surface area (Å²) in [6.07, 6.45) is 0. The van der Waals surface area contributed by atoms with Crippen molar-refractivity contribution >= 4 is 71.2 Å². The summed E-state index contributed by atoms with van der Waals surface area (Å²) in [4.78, 5) is 2.46. The second-order valence-electron chi connectivity index (χ2n) is 17.6. The highest BCUT2D eigenvalue weighted by Gasteiger charge is 2.22. The summed E-state index contributed by atoms with van der Waals surface area (Å²) in [5, 5.41) is 10.1. The number of fused-ring (bicyclic) bond motifs is 8. The molecule has 2 heteroatoms. The first-order valence-corrected chi connectivity index (χ1v) is 23.4. The van der Waals surface area contributed by atoms with Crippen molar-refractivity contribution in [2.24, 2.45) is 0 Å². The Morgan fingerprint density at radius 2 is 0.735 bits per heavy atom. The van der Waals surface area contributed by atoms with Crippen LogP contribution in [0.15, 0.2) is 267 Å². The van der Waals surface area contributed by atoms with E-state index in [1.54, 1.807) is 0 Å². The lowest BCUT2D eigenvalue weighted by atomic mass is 9.91. The van der Waals surface area contributed by atoms with Gasteiger partial charge < -0.3 is 9.47 Å². The van der Waals surface area contributed by atoms with Crippen LogP contribution in [0, 0.1) is 0 Å². The van der Waals surface area contributed by atoms with E-state index in [4.69, 9.17) is 0 Å². The first kappa shape index (κ1) is 39.4. The van der Waals surface area contributed by atoms with Crippen molar-refractivity contribution in [3.8, 4) is 50.2 Å². The van der Waals surface area contributed by atoms with Crippen LogP contribution in [0.3, 0.4) is 0 Å². The van der Waals surface area contributed by atoms with Crippen LogP contribution in [0.2, 0.25) is 0 Å². The Morgan fingerprint density at radius 3 is 1.44 bits per heavy atom. The smallest absolute Gasteiger partial charge is 0.0541 e. The third-order valence-electron chi connectivity index (χ3n) is 13.8. The molecule has 0 unspecified atom stereocenters. The Labute approximate surface area is 395 Å². The molecule has 13 aromatic rings. The van der Waals surface area contributed by atoms with E-state index in [1.807, 2.05) is 0 Å². The molecule has 0 spiro atoms. The highest BCUT2D eigenvalue weighted by molar-refractivity contribution is 6.21. The van der Waals surface area contributed by atoms with Gasteiger partial charge in [0, 0.05) is 33.3 Å². The number of para-hydroxylation sites is 4. The zero-order chi connectivity index (χ0) is 45.0. The summed E-state index contributed by atoms with van der Waals surface area (Å²) in [7, 11) is 0. The van der Waals surface area contributed by atoms with Gasteiger partial charge in [-0.15, -0.1) is 0 Å². The van der Waals surface area contributed by atoms with E-state index >= 15 is 0 Å². The molecule has 0 fully saturated rings. The van der Waals surface area contributed by atoms with Gasteiger partial charge in [-0.25, -0.2) is 0 Å². The molecule has 0 saturated heterocycles. The average Bonchev–Trinajstić information content (AvgIpc) is 3.76. The van der Waals surface area contributed by atoms with Gasteiger partial charge in [0.15, 0.2) is 0 Å². The fraction of sp³-hybridized carbons (Fsp3) is 0. The Morgan fingerprint density at radius 1 is 0.250 bits per heavy atom. The van der Waals surface area contributed by atoms with Crippen LogP contribution in [0.25, 0.3) is 104 Å². The van der Waals surface area contributed by atoms with Crippen molar-refractivity contribution in [3.05, 3.63) is 267 Å². The van der Waals surface area contributed by atoms with Crippen molar-refractivity contribution in [1.29, 1.82) is 0 Å². The normalized spacial score (nSPS) is 11.5. The van der Waals surface area contributed by atoms with Gasteiger partial charge in [-0.05, 0) is 120 Å². The largest absolute Gasteiger partial charge is 0.309 e. The van der Waals surface area contributed by atoms with Crippen molar-refractivity contribution < 1.29 is 0 Å². The van der Waals surface area contributed by atoms with Crippen LogP contribution in [0.1, 0.15) is 0 Å². The molecule has 0 aliphatic heterocycles. The second-order valence-corrected chi connectivity index (χ2v) is 17.6. The monoisotopic (exact) mass is 864 g/mol. The number of aromatic nitrogens is 1. The van der Waals surface area contributed by atoms with E-state index in [9.17, 15) is 0 Å². The van der Waals surface area contributed by atoms with Gasteiger partial charge in [-0.1, -0.05) is 212 Å². The molecule has 0 N–H and O–H groups in total. The van der Waals surface area contributed by atoms with E-state index in [0.29, 0.717) is 0 Å². The topological polar surface area (TPSA) is 8.17 Å². The van der Waals surface area contributed by atoms with E-state index < -0.39 is 0 Å². The van der Waals surface area contributed by atoms with E-state index in [0.717, 1.165) is 45.0 Å². The highest BCUT2D eigenvalue weighted by atomic mass is 15.1. The van der Waals surface area contributed by atoms with Gasteiger partial charge in [0.05, 0.1) is 22.4 Å². The number of benzene rings is 12. The molecule has 0 atom stereocenters. The molecule has 12 aromatic carbocycles. The summed E-state index contributed by atoms with van der Waals surface area (Å²) in [6.45, 7) is 0. The van der Waals surface area contributed by atoms with Crippen LogP contribution in [0.5, 0.6) is 0 Å². The zero-order valence-corrected chi connectivity index (χ0v) is 37.3. The van der Waals surface area contributed by atoms with Crippen molar-refractivity contribution in [1.82, 2.24) is 4.57 Å². The van der Waals surface area contributed by atoms with Crippen LogP contribution in [-0.2, 0) is 0 Å². The maximum atomic E-state index is 2.46. The molecular formula is C66H44N2. The molecule has 318 valence electrons. The van der Waals surface area contributed by atoms with Gasteiger partial charge in [0.1, 0.15) is 0 Å². The van der Waals surface area contributed by atoms with Crippen molar-refractivity contribution in [2.75, 3.05) is 4.90 Å². The molecule has 0 radical (unpaired) electrons. The number of anilines is 3. The molecule has 0 aliphatic rings. The first-order valence-electron chi connectivity index (χ1n) is 23.4. The van der Waals surface area contributed by atoms with Gasteiger partial charge in [-0.3, -0.25) is 0 Å². The molecular weight excluding hydrogens is 821 g/mol. The average molecular weight is 865 g/mol. The Hall–Kier alpha value is -8.98. The number of hydrogen-bond acceptors (Lipinski definition) is 1. The fourth-order valence-corrected chi connectivity index (χ4v) is 10.6. The van der Waals surface area contributed by atoms with Crippen LogP contribution >= 0.6 is 0 Å². The van der Waals surface area contributed by atoms with Gasteiger partial charge >= 0.3 is 0 Å². The van der Waals surface area contributed by atoms with Crippen LogP contribution < -0.4 is 4.90 Å². The Balaban J connectivity index is 0.989. The third kappa shape index (κ3) is 6.65. The molecule has 0 saturated carbocycles. The first-order chi connectivity index (χ1) is 33.7. The number of nitrogens with zero attached hydrogens (tertiary/aromatic N) is 2. The summed E-state index contributed by atoms with van der Waals surface area (Å²) in [6, 6.07) is 97.6. The minimum absolute atomic E-state index is 1.07. The lowest BCUT2D eigenvalue weighted by molar-refractivity contribution is 1.18. The molecule has 0 bridgehead atoms. The Kier molecular flexibility index (Phi) is 9.54. The highest BCUT2D eigenvalue weighted by Crippen LogP contribution is 2.46. The standard InChI is InChI=1S/C66H44N2/c1-2-17-45(18-3-1)46-33-35-48(36-34-46)54-23-8-12-29-63(54)67(51-40-37-49(38-41-51)61-44-62-53-22-5-4-19-47(53)39-42-58(62)56-25-6-7-26-57(56)61)64-30-13-9-24-55(64)50-20-16-21-52(43-50)68-65-31-14-10-27-59(65)60-28-11-15-32-66(60)68/h1-44H. The van der Waals surface area contributed by atoms with Gasteiger partial charge in [0.2, 0.25) is 0 Å². The maximum Gasteiger partial charge on any atom is 0.0541 e. The van der Waals surface area contributed by atoms with Crippen LogP contribution in [0.4, 0.5) is 17.1 Å². The molecule has 68 heavy (non-hydrogen) atoms. The SMILES string of the molecule is c1ccc(-c2ccc(-c3ccccc3N(c3ccc(-c4cc5c6ccccc6ccc5c5ccccc45)cc3)c3ccccc3-c3cccc(-n4c5ccccc5c5ccccc54)c3)cc2)cc1. The fourth-order valence-electron chi connectivity index (χ4n) is 10.6. The second kappa shape index (κ2) is 16.5. The lowest BCUT2D eigenvalue weighted by Gasteiger charge is -2.30. The van der Waals surface area contributed by atoms with Crippen molar-refractivity contribution in [2.45, 2.75) is 0 Å². The van der Waals surface area contributed by atoms with E-state index in [1.165, 1.54) is 76.4 Å². The van der Waals surface area contributed by atoms with Crippen molar-refractivity contribution in [3.63, 3.8) is 0 Å². The molecule has 0 amide bonds. The van der Waals surface area contributed by atoms with E-state index in [2.05, 4.69) is 276 Å². The molecule has 1 heterocycles. The van der Waals surface area contributed by atoms with E-state index in [-0.39, 0.29) is 0 Å². The quantitative estimate of drug-likeness (QED) is 0.138. The predicted molar refractivity (Wildman–Crippen MR) is 290 cm³/mol. The zero-order valence-electron chi connectivity index (χ0n) is 37.3. The number of hydrogen-bond donors (Lipinski definition) is 0. The number of rotatable bonds is 8.